The summed E-state index contributed by atoms with van der Waals surface area (Å²) in [7, 11) is 0. The van der Waals surface area contributed by atoms with E-state index in [1.165, 1.54) is 6.42 Å². The van der Waals surface area contributed by atoms with Crippen molar-refractivity contribution in [1.82, 2.24) is 4.90 Å². The number of rotatable bonds is 7. The smallest absolute Gasteiger partial charge is 0.317 e. The van der Waals surface area contributed by atoms with Gasteiger partial charge in [-0.25, -0.2) is 0 Å². The summed E-state index contributed by atoms with van der Waals surface area (Å²) >= 11 is 0. The van der Waals surface area contributed by atoms with Crippen LogP contribution in [0.3, 0.4) is 0 Å². The van der Waals surface area contributed by atoms with Gasteiger partial charge in [0.05, 0.1) is 6.54 Å². The highest BCUT2D eigenvalue weighted by molar-refractivity contribution is 5.69. The first-order valence-corrected chi connectivity index (χ1v) is 5.39. The molecule has 0 aromatic rings. The van der Waals surface area contributed by atoms with Crippen molar-refractivity contribution >= 4 is 5.97 Å². The van der Waals surface area contributed by atoms with Crippen LogP contribution in [0.1, 0.15) is 40.5 Å². The second-order valence-corrected chi connectivity index (χ2v) is 4.49. The third-order valence-electron chi connectivity index (χ3n) is 2.30. The molecule has 0 bridgehead atoms. The highest BCUT2D eigenvalue weighted by Gasteiger charge is 2.12. The van der Waals surface area contributed by atoms with Crippen molar-refractivity contribution < 1.29 is 9.90 Å². The summed E-state index contributed by atoms with van der Waals surface area (Å²) in [5, 5.41) is 8.70. The molecule has 0 aliphatic carbocycles. The van der Waals surface area contributed by atoms with E-state index >= 15 is 0 Å². The van der Waals surface area contributed by atoms with E-state index in [1.54, 1.807) is 0 Å². The summed E-state index contributed by atoms with van der Waals surface area (Å²) in [4.78, 5) is 12.6. The lowest BCUT2D eigenvalue weighted by molar-refractivity contribution is -0.138. The SMILES string of the molecule is CC(C)CCCN(CC(=O)O)C(C)C. The fourth-order valence-corrected chi connectivity index (χ4v) is 1.40. The van der Waals surface area contributed by atoms with E-state index in [4.69, 9.17) is 5.11 Å². The van der Waals surface area contributed by atoms with Crippen LogP contribution in [0.5, 0.6) is 0 Å². The molecule has 0 unspecified atom stereocenters. The molecule has 0 aromatic heterocycles. The Morgan fingerprint density at radius 2 is 1.86 bits per heavy atom. The highest BCUT2D eigenvalue weighted by atomic mass is 16.4. The van der Waals surface area contributed by atoms with Crippen LogP contribution < -0.4 is 0 Å². The van der Waals surface area contributed by atoms with Crippen LogP contribution in [0.2, 0.25) is 0 Å². The summed E-state index contributed by atoms with van der Waals surface area (Å²) in [6.45, 7) is 9.52. The maximum atomic E-state index is 10.6. The van der Waals surface area contributed by atoms with Crippen molar-refractivity contribution in [3.63, 3.8) is 0 Å². The number of hydrogen-bond donors (Lipinski definition) is 1. The Morgan fingerprint density at radius 1 is 1.29 bits per heavy atom. The average Bonchev–Trinajstić information content (AvgIpc) is 2.00. The van der Waals surface area contributed by atoms with E-state index in [9.17, 15) is 4.79 Å². The lowest BCUT2D eigenvalue weighted by Crippen LogP contribution is -2.36. The first-order valence-electron chi connectivity index (χ1n) is 5.39. The molecule has 1 N–H and O–H groups in total. The molecule has 14 heavy (non-hydrogen) atoms. The first kappa shape index (κ1) is 13.4. The van der Waals surface area contributed by atoms with Gasteiger partial charge >= 0.3 is 5.97 Å². The van der Waals surface area contributed by atoms with E-state index < -0.39 is 5.97 Å². The molecule has 0 fully saturated rings. The molecule has 0 amide bonds. The van der Waals surface area contributed by atoms with E-state index in [0.29, 0.717) is 12.0 Å². The van der Waals surface area contributed by atoms with Gasteiger partial charge in [0.25, 0.3) is 0 Å². The zero-order chi connectivity index (χ0) is 11.1. The Labute approximate surface area is 87.1 Å². The number of carboxylic acid groups (broad SMARTS) is 1. The van der Waals surface area contributed by atoms with Crippen molar-refractivity contribution in [2.75, 3.05) is 13.1 Å². The third kappa shape index (κ3) is 6.89. The molecule has 0 atom stereocenters. The topological polar surface area (TPSA) is 40.5 Å². The van der Waals surface area contributed by atoms with Crippen molar-refractivity contribution in [2.24, 2.45) is 5.92 Å². The fraction of sp³-hybridized carbons (Fsp3) is 0.909. The quantitative estimate of drug-likeness (QED) is 0.686. The molecule has 0 spiro atoms. The summed E-state index contributed by atoms with van der Waals surface area (Å²) in [5.74, 6) is -0.0305. The number of aliphatic carboxylic acids is 1. The molecule has 3 heteroatoms. The van der Waals surface area contributed by atoms with Crippen LogP contribution in [0, 0.1) is 5.92 Å². The normalized spacial score (nSPS) is 11.6. The van der Waals surface area contributed by atoms with E-state index in [2.05, 4.69) is 13.8 Å². The van der Waals surface area contributed by atoms with Gasteiger partial charge in [0.2, 0.25) is 0 Å². The monoisotopic (exact) mass is 201 g/mol. The van der Waals surface area contributed by atoms with E-state index in [1.807, 2.05) is 18.7 Å². The molecule has 0 aromatic carbocycles. The molecule has 0 aliphatic rings. The van der Waals surface area contributed by atoms with Crippen molar-refractivity contribution in [3.8, 4) is 0 Å². The number of carboxylic acids is 1. The minimum Gasteiger partial charge on any atom is -0.480 e. The predicted molar refractivity (Wildman–Crippen MR) is 58.4 cm³/mol. The van der Waals surface area contributed by atoms with Crippen molar-refractivity contribution in [3.05, 3.63) is 0 Å². The standard InChI is InChI=1S/C11H23NO2/c1-9(2)6-5-7-12(10(3)4)8-11(13)14/h9-10H,5-8H2,1-4H3,(H,13,14). The molecule has 0 saturated carbocycles. The maximum Gasteiger partial charge on any atom is 0.317 e. The lowest BCUT2D eigenvalue weighted by atomic mass is 10.1. The predicted octanol–water partition coefficient (Wildman–Crippen LogP) is 2.22. The van der Waals surface area contributed by atoms with E-state index in [-0.39, 0.29) is 6.54 Å². The zero-order valence-corrected chi connectivity index (χ0v) is 9.79. The molecule has 0 heterocycles. The number of hydrogen-bond acceptors (Lipinski definition) is 2. The van der Waals surface area contributed by atoms with Gasteiger partial charge < -0.3 is 5.11 Å². The van der Waals surface area contributed by atoms with Crippen LogP contribution in [0.4, 0.5) is 0 Å². The van der Waals surface area contributed by atoms with Crippen molar-refractivity contribution in [2.45, 2.75) is 46.6 Å². The molecule has 0 saturated heterocycles. The Bertz CT molecular complexity index is 167. The molecule has 0 radical (unpaired) electrons. The summed E-state index contributed by atoms with van der Waals surface area (Å²) in [6.07, 6.45) is 2.26. The second kappa shape index (κ2) is 6.82. The molecule has 0 rings (SSSR count). The Balaban J connectivity index is 3.79. The van der Waals surface area contributed by atoms with Gasteiger partial charge in [-0.2, -0.15) is 0 Å². The van der Waals surface area contributed by atoms with Crippen LogP contribution in [0.15, 0.2) is 0 Å². The largest absolute Gasteiger partial charge is 0.480 e. The Hall–Kier alpha value is -0.570. The summed E-state index contributed by atoms with van der Waals surface area (Å²) in [5.41, 5.74) is 0. The molecular weight excluding hydrogens is 178 g/mol. The lowest BCUT2D eigenvalue weighted by Gasteiger charge is -2.24. The van der Waals surface area contributed by atoms with Gasteiger partial charge in [-0.15, -0.1) is 0 Å². The maximum absolute atomic E-state index is 10.6. The Kier molecular flexibility index (Phi) is 6.54. The molecule has 3 nitrogen and oxygen atoms in total. The third-order valence-corrected chi connectivity index (χ3v) is 2.30. The van der Waals surface area contributed by atoms with Gasteiger partial charge in [0.1, 0.15) is 0 Å². The van der Waals surface area contributed by atoms with Gasteiger partial charge in [-0.05, 0) is 39.2 Å². The van der Waals surface area contributed by atoms with E-state index in [0.717, 1.165) is 13.0 Å². The van der Waals surface area contributed by atoms with Crippen molar-refractivity contribution in [1.29, 1.82) is 0 Å². The van der Waals surface area contributed by atoms with Crippen LogP contribution >= 0.6 is 0 Å². The number of carbonyl (C=O) groups is 1. The highest BCUT2D eigenvalue weighted by Crippen LogP contribution is 2.06. The summed E-state index contributed by atoms with van der Waals surface area (Å²) < 4.78 is 0. The average molecular weight is 201 g/mol. The minimum atomic E-state index is -0.733. The zero-order valence-electron chi connectivity index (χ0n) is 9.79. The Morgan fingerprint density at radius 3 is 2.21 bits per heavy atom. The number of nitrogens with zero attached hydrogens (tertiary/aromatic N) is 1. The first-order chi connectivity index (χ1) is 6.43. The van der Waals surface area contributed by atoms with Crippen LogP contribution in [-0.2, 0) is 4.79 Å². The second-order valence-electron chi connectivity index (χ2n) is 4.49. The van der Waals surface area contributed by atoms with Gasteiger partial charge in [-0.3, -0.25) is 9.69 Å². The summed E-state index contributed by atoms with van der Waals surface area (Å²) in [6, 6.07) is 0.318. The molecule has 84 valence electrons. The van der Waals surface area contributed by atoms with Gasteiger partial charge in [0.15, 0.2) is 0 Å². The minimum absolute atomic E-state index is 0.162. The van der Waals surface area contributed by atoms with Crippen LogP contribution in [0.25, 0.3) is 0 Å². The van der Waals surface area contributed by atoms with Gasteiger partial charge in [-0.1, -0.05) is 13.8 Å². The fourth-order valence-electron chi connectivity index (χ4n) is 1.40. The molecular formula is C11H23NO2. The molecule has 0 aliphatic heterocycles. The van der Waals surface area contributed by atoms with Gasteiger partial charge in [0, 0.05) is 6.04 Å². The van der Waals surface area contributed by atoms with Crippen LogP contribution in [-0.4, -0.2) is 35.1 Å².